The standard InChI is InChI=1S/C17H19NS/c1-2-18-17-12-19-11-15-9-8-14(10-16(15)17)13-6-4-3-5-7-13/h3-10,17-18H,2,11-12H2,1H3. The Kier molecular flexibility index (Phi) is 3.90. The lowest BCUT2D eigenvalue weighted by atomic mass is 9.95. The van der Waals surface area contributed by atoms with Gasteiger partial charge in [0.1, 0.15) is 0 Å². The van der Waals surface area contributed by atoms with Crippen molar-refractivity contribution in [2.24, 2.45) is 0 Å². The van der Waals surface area contributed by atoms with Gasteiger partial charge in [0.25, 0.3) is 0 Å². The van der Waals surface area contributed by atoms with E-state index in [1.165, 1.54) is 28.0 Å². The van der Waals surface area contributed by atoms with Crippen molar-refractivity contribution in [3.8, 4) is 11.1 Å². The van der Waals surface area contributed by atoms with Crippen LogP contribution in [-0.2, 0) is 5.75 Å². The lowest BCUT2D eigenvalue weighted by Crippen LogP contribution is -2.26. The van der Waals surface area contributed by atoms with E-state index in [0.717, 1.165) is 12.3 Å². The van der Waals surface area contributed by atoms with Crippen molar-refractivity contribution in [2.75, 3.05) is 12.3 Å². The van der Waals surface area contributed by atoms with Crippen LogP contribution < -0.4 is 5.32 Å². The van der Waals surface area contributed by atoms with Crippen LogP contribution in [0.25, 0.3) is 11.1 Å². The molecule has 1 aliphatic rings. The van der Waals surface area contributed by atoms with Crippen molar-refractivity contribution in [3.05, 3.63) is 59.7 Å². The molecule has 1 nitrogen and oxygen atoms in total. The Labute approximate surface area is 119 Å². The maximum Gasteiger partial charge on any atom is 0.0415 e. The number of rotatable bonds is 3. The van der Waals surface area contributed by atoms with E-state index in [9.17, 15) is 0 Å². The van der Waals surface area contributed by atoms with Gasteiger partial charge >= 0.3 is 0 Å². The summed E-state index contributed by atoms with van der Waals surface area (Å²) in [5, 5.41) is 3.60. The lowest BCUT2D eigenvalue weighted by molar-refractivity contribution is 0.598. The monoisotopic (exact) mass is 269 g/mol. The molecule has 0 fully saturated rings. The number of thioether (sulfide) groups is 1. The van der Waals surface area contributed by atoms with Gasteiger partial charge in [-0.05, 0) is 34.9 Å². The molecule has 0 saturated carbocycles. The normalized spacial score (nSPS) is 18.1. The van der Waals surface area contributed by atoms with Crippen LogP contribution in [0.3, 0.4) is 0 Å². The Morgan fingerprint density at radius 3 is 2.74 bits per heavy atom. The molecule has 1 heterocycles. The molecule has 3 rings (SSSR count). The fourth-order valence-electron chi connectivity index (χ4n) is 2.65. The second-order valence-electron chi connectivity index (χ2n) is 4.91. The maximum absolute atomic E-state index is 3.60. The first-order valence-electron chi connectivity index (χ1n) is 6.88. The van der Waals surface area contributed by atoms with Crippen LogP contribution in [0.15, 0.2) is 48.5 Å². The van der Waals surface area contributed by atoms with Gasteiger partial charge in [0, 0.05) is 17.5 Å². The summed E-state index contributed by atoms with van der Waals surface area (Å²) in [5.74, 6) is 2.32. The van der Waals surface area contributed by atoms with Gasteiger partial charge in [-0.3, -0.25) is 0 Å². The third kappa shape index (κ3) is 2.70. The van der Waals surface area contributed by atoms with E-state index >= 15 is 0 Å². The van der Waals surface area contributed by atoms with E-state index < -0.39 is 0 Å². The molecule has 0 spiro atoms. The van der Waals surface area contributed by atoms with E-state index in [1.54, 1.807) is 0 Å². The van der Waals surface area contributed by atoms with Gasteiger partial charge in [-0.15, -0.1) is 0 Å². The fourth-order valence-corrected chi connectivity index (χ4v) is 3.79. The highest BCUT2D eigenvalue weighted by Gasteiger charge is 2.20. The smallest absolute Gasteiger partial charge is 0.0415 e. The highest BCUT2D eigenvalue weighted by molar-refractivity contribution is 7.98. The van der Waals surface area contributed by atoms with Crippen LogP contribution in [0.2, 0.25) is 0 Å². The first kappa shape index (κ1) is 12.8. The molecule has 2 heteroatoms. The molecule has 2 aromatic carbocycles. The number of hydrogen-bond acceptors (Lipinski definition) is 2. The van der Waals surface area contributed by atoms with E-state index in [0.29, 0.717) is 6.04 Å². The molecular weight excluding hydrogens is 250 g/mol. The minimum atomic E-state index is 0.502. The van der Waals surface area contributed by atoms with Crippen molar-refractivity contribution in [1.29, 1.82) is 0 Å². The summed E-state index contributed by atoms with van der Waals surface area (Å²) in [7, 11) is 0. The molecule has 19 heavy (non-hydrogen) atoms. The van der Waals surface area contributed by atoms with Gasteiger partial charge in [0.05, 0.1) is 0 Å². The summed E-state index contributed by atoms with van der Waals surface area (Å²) in [6, 6.07) is 18.1. The molecule has 98 valence electrons. The van der Waals surface area contributed by atoms with Crippen molar-refractivity contribution >= 4 is 11.8 Å². The summed E-state index contributed by atoms with van der Waals surface area (Å²) < 4.78 is 0. The minimum Gasteiger partial charge on any atom is -0.309 e. The predicted molar refractivity (Wildman–Crippen MR) is 84.5 cm³/mol. The molecule has 0 aromatic heterocycles. The molecule has 1 aliphatic heterocycles. The zero-order valence-electron chi connectivity index (χ0n) is 11.2. The predicted octanol–water partition coefficient (Wildman–Crippen LogP) is 4.25. The minimum absolute atomic E-state index is 0.502. The average Bonchev–Trinajstić information content (AvgIpc) is 2.48. The first-order chi connectivity index (χ1) is 9.38. The van der Waals surface area contributed by atoms with Crippen LogP contribution in [-0.4, -0.2) is 12.3 Å². The quantitative estimate of drug-likeness (QED) is 0.894. The summed E-state index contributed by atoms with van der Waals surface area (Å²) in [6.45, 7) is 3.21. The number of fused-ring (bicyclic) bond motifs is 1. The average molecular weight is 269 g/mol. The fraction of sp³-hybridized carbons (Fsp3) is 0.294. The van der Waals surface area contributed by atoms with Crippen molar-refractivity contribution in [1.82, 2.24) is 5.32 Å². The van der Waals surface area contributed by atoms with E-state index in [1.807, 2.05) is 11.8 Å². The lowest BCUT2D eigenvalue weighted by Gasteiger charge is -2.26. The number of nitrogens with one attached hydrogen (secondary N) is 1. The molecular formula is C17H19NS. The molecule has 0 bridgehead atoms. The summed E-state index contributed by atoms with van der Waals surface area (Å²) >= 11 is 2.02. The third-order valence-electron chi connectivity index (χ3n) is 3.62. The molecule has 0 amide bonds. The molecule has 1 atom stereocenters. The molecule has 0 saturated heterocycles. The van der Waals surface area contributed by atoms with Gasteiger partial charge in [0.15, 0.2) is 0 Å². The van der Waals surface area contributed by atoms with Gasteiger partial charge < -0.3 is 5.32 Å². The van der Waals surface area contributed by atoms with Gasteiger partial charge in [-0.2, -0.15) is 11.8 Å². The summed E-state index contributed by atoms with van der Waals surface area (Å²) in [4.78, 5) is 0. The Morgan fingerprint density at radius 2 is 1.95 bits per heavy atom. The summed E-state index contributed by atoms with van der Waals surface area (Å²) in [6.07, 6.45) is 0. The zero-order chi connectivity index (χ0) is 13.1. The van der Waals surface area contributed by atoms with Crippen molar-refractivity contribution in [2.45, 2.75) is 18.7 Å². The first-order valence-corrected chi connectivity index (χ1v) is 8.03. The Bertz CT molecular complexity index is 550. The van der Waals surface area contributed by atoms with Crippen LogP contribution in [0, 0.1) is 0 Å². The Morgan fingerprint density at radius 1 is 1.11 bits per heavy atom. The largest absolute Gasteiger partial charge is 0.309 e. The highest BCUT2D eigenvalue weighted by Crippen LogP contribution is 2.34. The maximum atomic E-state index is 3.60. The Balaban J connectivity index is 2.00. The zero-order valence-corrected chi connectivity index (χ0v) is 12.0. The van der Waals surface area contributed by atoms with Gasteiger partial charge in [-0.1, -0.05) is 49.4 Å². The van der Waals surface area contributed by atoms with Gasteiger partial charge in [0.2, 0.25) is 0 Å². The SMILES string of the molecule is CCNC1CSCc2ccc(-c3ccccc3)cc21. The molecule has 1 unspecified atom stereocenters. The van der Waals surface area contributed by atoms with Crippen LogP contribution >= 0.6 is 11.8 Å². The summed E-state index contributed by atoms with van der Waals surface area (Å²) in [5.41, 5.74) is 5.61. The number of benzene rings is 2. The van der Waals surface area contributed by atoms with E-state index in [-0.39, 0.29) is 0 Å². The molecule has 0 aliphatic carbocycles. The third-order valence-corrected chi connectivity index (χ3v) is 4.71. The van der Waals surface area contributed by atoms with Crippen LogP contribution in [0.5, 0.6) is 0 Å². The van der Waals surface area contributed by atoms with E-state index in [2.05, 4.69) is 60.8 Å². The topological polar surface area (TPSA) is 12.0 Å². The number of hydrogen-bond donors (Lipinski definition) is 1. The second kappa shape index (κ2) is 5.81. The van der Waals surface area contributed by atoms with Gasteiger partial charge in [-0.25, -0.2) is 0 Å². The van der Waals surface area contributed by atoms with Crippen molar-refractivity contribution in [3.63, 3.8) is 0 Å². The molecule has 1 N–H and O–H groups in total. The molecule has 2 aromatic rings. The van der Waals surface area contributed by atoms with Crippen LogP contribution in [0.1, 0.15) is 24.1 Å². The van der Waals surface area contributed by atoms with Crippen LogP contribution in [0.4, 0.5) is 0 Å². The second-order valence-corrected chi connectivity index (χ2v) is 5.94. The van der Waals surface area contributed by atoms with Crippen molar-refractivity contribution < 1.29 is 0 Å². The Hall–Kier alpha value is -1.25. The highest BCUT2D eigenvalue weighted by atomic mass is 32.2. The molecule has 0 radical (unpaired) electrons. The van der Waals surface area contributed by atoms with E-state index in [4.69, 9.17) is 0 Å².